The van der Waals surface area contributed by atoms with Crippen molar-refractivity contribution in [3.63, 3.8) is 0 Å². The molecule has 2 aliphatic rings. The van der Waals surface area contributed by atoms with Crippen molar-refractivity contribution in [1.29, 1.82) is 0 Å². The van der Waals surface area contributed by atoms with Gasteiger partial charge in [-0.15, -0.1) is 12.4 Å². The van der Waals surface area contributed by atoms with E-state index >= 15 is 0 Å². The van der Waals surface area contributed by atoms with Gasteiger partial charge in [-0.3, -0.25) is 4.90 Å². The number of piperidine rings is 1. The van der Waals surface area contributed by atoms with Crippen LogP contribution in [0, 0.1) is 5.82 Å². The molecule has 6 heteroatoms. The number of halogens is 2. The molecule has 0 saturated carbocycles. The van der Waals surface area contributed by atoms with Crippen molar-refractivity contribution in [2.24, 2.45) is 0 Å². The minimum Gasteiger partial charge on any atom is -0.319 e. The molecular formula is C14H19ClFN3O. The molecule has 2 aliphatic heterocycles. The van der Waals surface area contributed by atoms with Crippen LogP contribution in [0.2, 0.25) is 0 Å². The van der Waals surface area contributed by atoms with E-state index < -0.39 is 0 Å². The van der Waals surface area contributed by atoms with Crippen molar-refractivity contribution in [2.45, 2.75) is 18.9 Å². The molecular weight excluding hydrogens is 281 g/mol. The second-order valence-corrected chi connectivity index (χ2v) is 5.06. The van der Waals surface area contributed by atoms with Crippen LogP contribution >= 0.6 is 12.4 Å². The van der Waals surface area contributed by atoms with Gasteiger partial charge in [0.15, 0.2) is 0 Å². The van der Waals surface area contributed by atoms with Crippen LogP contribution in [0.4, 0.5) is 14.9 Å². The molecule has 0 radical (unpaired) electrons. The van der Waals surface area contributed by atoms with Gasteiger partial charge in [0.05, 0.1) is 5.69 Å². The van der Waals surface area contributed by atoms with Crippen LogP contribution in [0.3, 0.4) is 0 Å². The molecule has 0 unspecified atom stereocenters. The van der Waals surface area contributed by atoms with Crippen LogP contribution in [0.1, 0.15) is 12.8 Å². The van der Waals surface area contributed by atoms with Gasteiger partial charge in [-0.25, -0.2) is 9.18 Å². The molecule has 0 spiro atoms. The summed E-state index contributed by atoms with van der Waals surface area (Å²) in [6, 6.07) is 6.71. The van der Waals surface area contributed by atoms with Crippen LogP contribution < -0.4 is 10.2 Å². The summed E-state index contributed by atoms with van der Waals surface area (Å²) in [4.78, 5) is 15.9. The lowest BCUT2D eigenvalue weighted by Crippen LogP contribution is -2.45. The van der Waals surface area contributed by atoms with Gasteiger partial charge in [0.1, 0.15) is 5.82 Å². The number of rotatable bonds is 2. The lowest BCUT2D eigenvalue weighted by atomic mass is 10.1. The summed E-state index contributed by atoms with van der Waals surface area (Å²) in [5, 5.41) is 3.29. The summed E-state index contributed by atoms with van der Waals surface area (Å²) >= 11 is 0. The second-order valence-electron chi connectivity index (χ2n) is 5.06. The monoisotopic (exact) mass is 299 g/mol. The maximum atomic E-state index is 13.8. The van der Waals surface area contributed by atoms with Gasteiger partial charge >= 0.3 is 6.03 Å². The molecule has 110 valence electrons. The molecule has 1 aromatic carbocycles. The molecule has 0 aliphatic carbocycles. The molecule has 3 rings (SSSR count). The van der Waals surface area contributed by atoms with Crippen LogP contribution in [0.5, 0.6) is 0 Å². The van der Waals surface area contributed by atoms with E-state index in [1.165, 1.54) is 6.07 Å². The number of para-hydroxylation sites is 1. The van der Waals surface area contributed by atoms with E-state index in [-0.39, 0.29) is 24.3 Å². The Balaban J connectivity index is 0.00000147. The summed E-state index contributed by atoms with van der Waals surface area (Å²) < 4.78 is 13.8. The quantitative estimate of drug-likeness (QED) is 0.909. The van der Waals surface area contributed by atoms with Crippen molar-refractivity contribution in [3.8, 4) is 0 Å². The van der Waals surface area contributed by atoms with E-state index in [4.69, 9.17) is 0 Å². The number of carbonyl (C=O) groups excluding carboxylic acids is 1. The highest BCUT2D eigenvalue weighted by Crippen LogP contribution is 2.26. The average molecular weight is 300 g/mol. The van der Waals surface area contributed by atoms with Gasteiger partial charge in [-0.1, -0.05) is 12.1 Å². The summed E-state index contributed by atoms with van der Waals surface area (Å²) in [5.41, 5.74) is 0.393. The Kier molecular flexibility index (Phi) is 4.83. The number of hydrogen-bond acceptors (Lipinski definition) is 2. The maximum absolute atomic E-state index is 13.8. The van der Waals surface area contributed by atoms with Crippen molar-refractivity contribution < 1.29 is 9.18 Å². The largest absolute Gasteiger partial charge is 0.324 e. The first kappa shape index (κ1) is 15.1. The third-order valence-electron chi connectivity index (χ3n) is 3.93. The average Bonchev–Trinajstić information content (AvgIpc) is 2.82. The first-order chi connectivity index (χ1) is 9.27. The molecule has 1 aromatic rings. The van der Waals surface area contributed by atoms with Crippen molar-refractivity contribution in [3.05, 3.63) is 30.1 Å². The maximum Gasteiger partial charge on any atom is 0.324 e. The van der Waals surface area contributed by atoms with Crippen LogP contribution in [0.15, 0.2) is 24.3 Å². The van der Waals surface area contributed by atoms with Crippen LogP contribution in [-0.4, -0.2) is 43.2 Å². The Morgan fingerprint density at radius 1 is 1.15 bits per heavy atom. The van der Waals surface area contributed by atoms with Crippen molar-refractivity contribution >= 4 is 24.1 Å². The summed E-state index contributed by atoms with van der Waals surface area (Å²) in [6.45, 7) is 3.17. The second kappa shape index (κ2) is 6.41. The molecule has 0 aromatic heterocycles. The van der Waals surface area contributed by atoms with Gasteiger partial charge in [0.2, 0.25) is 0 Å². The smallest absolute Gasteiger partial charge is 0.319 e. The molecule has 0 bridgehead atoms. The fraction of sp³-hybridized carbons (Fsp3) is 0.500. The molecule has 4 nitrogen and oxygen atoms in total. The third kappa shape index (κ3) is 2.74. The van der Waals surface area contributed by atoms with Crippen molar-refractivity contribution in [2.75, 3.05) is 31.1 Å². The normalized spacial score (nSPS) is 20.1. The number of urea groups is 1. The number of anilines is 1. The first-order valence-electron chi connectivity index (χ1n) is 6.81. The summed E-state index contributed by atoms with van der Waals surface area (Å²) in [7, 11) is 0. The number of carbonyl (C=O) groups is 1. The SMILES string of the molecule is Cl.O=C1N(c2ccccc2F)CCN1C1CCNCC1. The Bertz CT molecular complexity index is 479. The summed E-state index contributed by atoms with van der Waals surface area (Å²) in [5.74, 6) is -0.331. The third-order valence-corrected chi connectivity index (χ3v) is 3.93. The highest BCUT2D eigenvalue weighted by atomic mass is 35.5. The zero-order valence-corrected chi connectivity index (χ0v) is 12.0. The Hall–Kier alpha value is -1.33. The number of amides is 2. The minimum absolute atomic E-state index is 0. The van der Waals surface area contributed by atoms with Crippen LogP contribution in [-0.2, 0) is 0 Å². The molecule has 2 heterocycles. The fourth-order valence-electron chi connectivity index (χ4n) is 2.91. The zero-order valence-electron chi connectivity index (χ0n) is 11.2. The van der Waals surface area contributed by atoms with E-state index in [0.29, 0.717) is 24.8 Å². The first-order valence-corrected chi connectivity index (χ1v) is 6.81. The highest BCUT2D eigenvalue weighted by molar-refractivity contribution is 5.94. The fourth-order valence-corrected chi connectivity index (χ4v) is 2.91. The van der Waals surface area contributed by atoms with Gasteiger partial charge in [0, 0.05) is 19.1 Å². The number of hydrogen-bond donors (Lipinski definition) is 1. The molecule has 2 amide bonds. The molecule has 2 saturated heterocycles. The number of nitrogens with zero attached hydrogens (tertiary/aromatic N) is 2. The number of nitrogens with one attached hydrogen (secondary N) is 1. The topological polar surface area (TPSA) is 35.6 Å². The Labute approximate surface area is 124 Å². The predicted octanol–water partition coefficient (Wildman–Crippen LogP) is 2.24. The Morgan fingerprint density at radius 2 is 1.85 bits per heavy atom. The lowest BCUT2D eigenvalue weighted by molar-refractivity contribution is 0.185. The van der Waals surface area contributed by atoms with Gasteiger partial charge in [-0.05, 0) is 38.1 Å². The Morgan fingerprint density at radius 3 is 2.55 bits per heavy atom. The number of benzene rings is 1. The van der Waals surface area contributed by atoms with E-state index in [0.717, 1.165) is 25.9 Å². The zero-order chi connectivity index (χ0) is 13.2. The highest BCUT2D eigenvalue weighted by Gasteiger charge is 2.35. The van der Waals surface area contributed by atoms with Crippen molar-refractivity contribution in [1.82, 2.24) is 10.2 Å². The van der Waals surface area contributed by atoms with Crippen LogP contribution in [0.25, 0.3) is 0 Å². The lowest BCUT2D eigenvalue weighted by Gasteiger charge is -2.31. The minimum atomic E-state index is -0.331. The molecule has 2 fully saturated rings. The van der Waals surface area contributed by atoms with Gasteiger partial charge in [-0.2, -0.15) is 0 Å². The van der Waals surface area contributed by atoms with E-state index in [1.807, 2.05) is 4.90 Å². The van der Waals surface area contributed by atoms with Gasteiger partial charge < -0.3 is 10.2 Å². The summed E-state index contributed by atoms with van der Waals surface area (Å²) in [6.07, 6.45) is 1.97. The predicted molar refractivity (Wildman–Crippen MR) is 79.0 cm³/mol. The standard InChI is InChI=1S/C14H18FN3O.ClH/c15-12-3-1-2-4-13(12)18-10-9-17(14(18)19)11-5-7-16-8-6-11;/h1-4,11,16H,5-10H2;1H. The molecule has 1 N–H and O–H groups in total. The van der Waals surface area contributed by atoms with Gasteiger partial charge in [0.25, 0.3) is 0 Å². The molecule has 0 atom stereocenters. The van der Waals surface area contributed by atoms with E-state index in [1.54, 1.807) is 23.1 Å². The molecule has 20 heavy (non-hydrogen) atoms. The van der Waals surface area contributed by atoms with E-state index in [2.05, 4.69) is 5.32 Å². The van der Waals surface area contributed by atoms with E-state index in [9.17, 15) is 9.18 Å².